The number of unbranched alkanes of at least 4 members (excludes halogenated alkanes) is 23. The van der Waals surface area contributed by atoms with Crippen LogP contribution < -0.4 is 4.57 Å². The topological polar surface area (TPSA) is 8.81 Å². The van der Waals surface area contributed by atoms with Crippen LogP contribution in [-0.4, -0.2) is 4.57 Å². The van der Waals surface area contributed by atoms with E-state index in [4.69, 9.17) is 0 Å². The van der Waals surface area contributed by atoms with Crippen LogP contribution in [-0.2, 0) is 6.54 Å². The second-order valence-corrected chi connectivity index (χ2v) is 13.2. The fourth-order valence-electron chi connectivity index (χ4n) is 6.36. The van der Waals surface area contributed by atoms with E-state index in [1.54, 1.807) is 5.82 Å². The Labute approximate surface area is 247 Å². The van der Waals surface area contributed by atoms with Gasteiger partial charge in [0.2, 0.25) is 0 Å². The Hall–Kier alpha value is -0.790. The summed E-state index contributed by atoms with van der Waals surface area (Å²) in [6, 6.07) is 0.624. The Morgan fingerprint density at radius 3 is 1.26 bits per heavy atom. The molecular weight excluding hydrogens is 472 g/mol. The first-order valence-corrected chi connectivity index (χ1v) is 18.2. The van der Waals surface area contributed by atoms with Crippen molar-refractivity contribution in [3.05, 3.63) is 18.2 Å². The maximum Gasteiger partial charge on any atom is 0.259 e. The van der Waals surface area contributed by atoms with E-state index in [0.717, 1.165) is 0 Å². The molecule has 2 heteroatoms. The predicted octanol–water partition coefficient (Wildman–Crippen LogP) is 12.6. The zero-order chi connectivity index (χ0) is 28.4. The molecule has 39 heavy (non-hydrogen) atoms. The van der Waals surface area contributed by atoms with Gasteiger partial charge < -0.3 is 0 Å². The summed E-state index contributed by atoms with van der Waals surface area (Å²) < 4.78 is 5.17. The number of imidazole rings is 1. The molecule has 0 aliphatic rings. The van der Waals surface area contributed by atoms with E-state index >= 15 is 0 Å². The minimum Gasteiger partial charge on any atom is -0.234 e. The van der Waals surface area contributed by atoms with Crippen LogP contribution in [0, 0.1) is 0 Å². The molecule has 1 aromatic rings. The Balaban J connectivity index is 2.08. The molecule has 0 spiro atoms. The highest BCUT2D eigenvalue weighted by atomic mass is 15.2. The van der Waals surface area contributed by atoms with Crippen molar-refractivity contribution >= 4 is 0 Å². The van der Waals surface area contributed by atoms with Gasteiger partial charge in [0, 0.05) is 0 Å². The maximum absolute atomic E-state index is 2.60. The van der Waals surface area contributed by atoms with Gasteiger partial charge in [0.1, 0.15) is 12.4 Å². The highest BCUT2D eigenvalue weighted by molar-refractivity contribution is 4.92. The molecule has 230 valence electrons. The fraction of sp³-hybridized carbons (Fsp3) is 0.919. The molecule has 0 saturated heterocycles. The molecule has 0 aromatic carbocycles. The van der Waals surface area contributed by atoms with E-state index in [-0.39, 0.29) is 0 Å². The van der Waals surface area contributed by atoms with Gasteiger partial charge >= 0.3 is 0 Å². The van der Waals surface area contributed by atoms with E-state index in [1.165, 1.54) is 173 Å². The van der Waals surface area contributed by atoms with E-state index in [1.807, 2.05) is 0 Å². The van der Waals surface area contributed by atoms with Gasteiger partial charge in [-0.15, -0.1) is 0 Å². The summed E-state index contributed by atoms with van der Waals surface area (Å²) in [6.45, 7) is 13.0. The van der Waals surface area contributed by atoms with Gasteiger partial charge in [0.05, 0.1) is 18.5 Å². The molecule has 2 nitrogen and oxygen atoms in total. The summed E-state index contributed by atoms with van der Waals surface area (Å²) in [7, 11) is 0. The lowest BCUT2D eigenvalue weighted by Crippen LogP contribution is -2.38. The zero-order valence-corrected chi connectivity index (χ0v) is 27.8. The smallest absolute Gasteiger partial charge is 0.234 e. The first-order valence-electron chi connectivity index (χ1n) is 18.2. The number of hydrogen-bond donors (Lipinski definition) is 0. The minimum atomic E-state index is 0.590. The molecule has 1 rings (SSSR count). The molecule has 0 bridgehead atoms. The molecule has 1 heterocycles. The number of rotatable bonds is 29. The van der Waals surface area contributed by atoms with Gasteiger partial charge in [0.15, 0.2) is 0 Å². The number of aryl methyl sites for hydroxylation is 1. The third kappa shape index (κ3) is 19.0. The molecule has 0 amide bonds. The van der Waals surface area contributed by atoms with Gasteiger partial charge in [-0.05, 0) is 32.6 Å². The first-order chi connectivity index (χ1) is 19.1. The van der Waals surface area contributed by atoms with Gasteiger partial charge in [-0.3, -0.25) is 0 Å². The maximum atomic E-state index is 2.60. The van der Waals surface area contributed by atoms with Crippen molar-refractivity contribution in [1.82, 2.24) is 4.57 Å². The van der Waals surface area contributed by atoms with Gasteiger partial charge in [-0.25, -0.2) is 9.13 Å². The second-order valence-electron chi connectivity index (χ2n) is 13.2. The average Bonchev–Trinajstić information content (AvgIpc) is 3.36. The lowest BCUT2D eigenvalue weighted by atomic mass is 10.0. The monoisotopic (exact) mass is 546 g/mol. The summed E-state index contributed by atoms with van der Waals surface area (Å²) in [5.74, 6) is 2.13. The minimum absolute atomic E-state index is 0.590. The van der Waals surface area contributed by atoms with Crippen LogP contribution >= 0.6 is 0 Å². The van der Waals surface area contributed by atoms with Crippen molar-refractivity contribution in [3.63, 3.8) is 0 Å². The van der Waals surface area contributed by atoms with Crippen LogP contribution in [0.2, 0.25) is 0 Å². The molecular formula is C37H73N2+. The lowest BCUT2D eigenvalue weighted by molar-refractivity contribution is -0.705. The third-order valence-electron chi connectivity index (χ3n) is 8.94. The normalized spacial score (nSPS) is 12.6. The zero-order valence-electron chi connectivity index (χ0n) is 27.8. The van der Waals surface area contributed by atoms with Crippen LogP contribution in [0.3, 0.4) is 0 Å². The molecule has 0 N–H and O–H groups in total. The summed E-state index contributed by atoms with van der Waals surface area (Å²) in [4.78, 5) is 0. The number of aromatic nitrogens is 2. The van der Waals surface area contributed by atoms with Crippen molar-refractivity contribution in [2.45, 2.75) is 220 Å². The van der Waals surface area contributed by atoms with E-state index in [0.29, 0.717) is 12.0 Å². The quantitative estimate of drug-likeness (QED) is 0.0699. The summed E-state index contributed by atoms with van der Waals surface area (Å²) >= 11 is 0. The number of nitrogens with zero attached hydrogens (tertiary/aromatic N) is 2. The van der Waals surface area contributed by atoms with Crippen LogP contribution in [0.1, 0.15) is 219 Å². The standard InChI is InChI=1S/C37H73N2/c1-6-8-10-12-14-16-17-18-19-20-21-22-23-24-26-28-30-32-38-33-34-39(37(38)35(3)4)36(5)31-29-27-25-15-13-11-9-7-2/h33-36H,6-32H2,1-5H3/q+1. The van der Waals surface area contributed by atoms with Crippen molar-refractivity contribution in [3.8, 4) is 0 Å². The predicted molar refractivity (Wildman–Crippen MR) is 175 cm³/mol. The van der Waals surface area contributed by atoms with Crippen LogP contribution in [0.5, 0.6) is 0 Å². The Bertz CT molecular complexity index is 631. The third-order valence-corrected chi connectivity index (χ3v) is 8.94. The van der Waals surface area contributed by atoms with Crippen LogP contribution in [0.25, 0.3) is 0 Å². The van der Waals surface area contributed by atoms with Gasteiger partial charge in [-0.2, -0.15) is 0 Å². The van der Waals surface area contributed by atoms with E-state index in [2.05, 4.69) is 56.1 Å². The van der Waals surface area contributed by atoms with E-state index < -0.39 is 0 Å². The van der Waals surface area contributed by atoms with Crippen molar-refractivity contribution < 1.29 is 4.57 Å². The van der Waals surface area contributed by atoms with E-state index in [9.17, 15) is 0 Å². The molecule has 1 atom stereocenters. The second kappa shape index (κ2) is 26.1. The average molecular weight is 546 g/mol. The molecule has 0 aliphatic carbocycles. The summed E-state index contributed by atoms with van der Waals surface area (Å²) in [5, 5.41) is 0. The lowest BCUT2D eigenvalue weighted by Gasteiger charge is -2.14. The Morgan fingerprint density at radius 1 is 0.513 bits per heavy atom. The molecule has 0 aliphatic heterocycles. The van der Waals surface area contributed by atoms with Crippen LogP contribution in [0.4, 0.5) is 0 Å². The Morgan fingerprint density at radius 2 is 0.872 bits per heavy atom. The van der Waals surface area contributed by atoms with Gasteiger partial charge in [-0.1, -0.05) is 169 Å². The Kier molecular flexibility index (Phi) is 24.3. The highest BCUT2D eigenvalue weighted by Crippen LogP contribution is 2.22. The SMILES string of the molecule is CCCCCCCCCCCCCCCCCCC[n+]1ccn(C(C)CCCCCCCCCC)c1C(C)C. The molecule has 1 unspecified atom stereocenters. The summed E-state index contributed by atoms with van der Waals surface area (Å²) in [5.41, 5.74) is 0. The van der Waals surface area contributed by atoms with Crippen molar-refractivity contribution in [2.75, 3.05) is 0 Å². The molecule has 0 saturated carbocycles. The summed E-state index contributed by atoms with van der Waals surface area (Å²) in [6.07, 6.45) is 41.9. The largest absolute Gasteiger partial charge is 0.259 e. The number of hydrogen-bond acceptors (Lipinski definition) is 0. The fourth-order valence-corrected chi connectivity index (χ4v) is 6.36. The first kappa shape index (κ1) is 36.2. The highest BCUT2D eigenvalue weighted by Gasteiger charge is 2.23. The van der Waals surface area contributed by atoms with Crippen LogP contribution in [0.15, 0.2) is 12.4 Å². The molecule has 0 fully saturated rings. The van der Waals surface area contributed by atoms with Crippen molar-refractivity contribution in [2.24, 2.45) is 0 Å². The van der Waals surface area contributed by atoms with Gasteiger partial charge in [0.25, 0.3) is 5.82 Å². The van der Waals surface area contributed by atoms with Crippen molar-refractivity contribution in [1.29, 1.82) is 0 Å². The molecule has 1 aromatic heterocycles. The molecule has 0 radical (unpaired) electrons.